The number of benzene rings is 1. The number of fused-ring (bicyclic) bond motifs is 1. The van der Waals surface area contributed by atoms with E-state index in [1.807, 2.05) is 50.3 Å². The van der Waals surface area contributed by atoms with Gasteiger partial charge in [-0.05, 0) is 19.4 Å². The molecule has 1 atom stereocenters. The Labute approximate surface area is 143 Å². The quantitative estimate of drug-likeness (QED) is 0.847. The highest BCUT2D eigenvalue weighted by atomic mass is 16.2. The van der Waals surface area contributed by atoms with Crippen LogP contribution in [0.2, 0.25) is 0 Å². The van der Waals surface area contributed by atoms with Crippen molar-refractivity contribution in [3.05, 3.63) is 53.6 Å². The van der Waals surface area contributed by atoms with Crippen LogP contribution in [0.15, 0.2) is 36.7 Å². The predicted octanol–water partition coefficient (Wildman–Crippen LogP) is 2.39. The van der Waals surface area contributed by atoms with E-state index >= 15 is 0 Å². The molecule has 0 saturated heterocycles. The van der Waals surface area contributed by atoms with E-state index in [9.17, 15) is 4.79 Å². The molecule has 0 fully saturated rings. The van der Waals surface area contributed by atoms with Crippen molar-refractivity contribution in [3.8, 4) is 0 Å². The van der Waals surface area contributed by atoms with Gasteiger partial charge in [-0.2, -0.15) is 0 Å². The number of carbonyl (C=O) groups excluding carboxylic acids is 1. The molecule has 0 aliphatic carbocycles. The molecule has 24 heavy (non-hydrogen) atoms. The maximum Gasteiger partial charge on any atom is 0.244 e. The lowest BCUT2D eigenvalue weighted by atomic mass is 10.0. The maximum absolute atomic E-state index is 13.2. The topological polar surface area (TPSA) is 41.4 Å². The van der Waals surface area contributed by atoms with Crippen molar-refractivity contribution in [2.45, 2.75) is 32.9 Å². The first-order valence-electron chi connectivity index (χ1n) is 8.72. The zero-order valence-electron chi connectivity index (χ0n) is 14.8. The van der Waals surface area contributed by atoms with Crippen molar-refractivity contribution in [2.24, 2.45) is 7.05 Å². The van der Waals surface area contributed by atoms with Crippen LogP contribution in [0.1, 0.15) is 36.8 Å². The molecular formula is C19H26N4O. The fourth-order valence-electron chi connectivity index (χ4n) is 3.55. The zero-order valence-corrected chi connectivity index (χ0v) is 14.8. The fraction of sp³-hybridized carbons (Fsp3) is 0.474. The molecule has 0 bridgehead atoms. The molecule has 0 N–H and O–H groups in total. The van der Waals surface area contributed by atoms with Crippen LogP contribution < -0.4 is 0 Å². The van der Waals surface area contributed by atoms with Gasteiger partial charge in [0.05, 0.1) is 12.0 Å². The molecule has 128 valence electrons. The average Bonchev–Trinajstić information content (AvgIpc) is 2.98. The van der Waals surface area contributed by atoms with Gasteiger partial charge in [-0.25, -0.2) is 4.98 Å². The number of rotatable bonds is 5. The number of hydrogen-bond donors (Lipinski definition) is 0. The summed E-state index contributed by atoms with van der Waals surface area (Å²) in [5.74, 6) is 0.186. The molecule has 5 heteroatoms. The average molecular weight is 326 g/mol. The number of likely N-dealkylation sites (N-methyl/N-ethyl adjacent to an activating group) is 1. The number of imidazole rings is 1. The first-order valence-corrected chi connectivity index (χ1v) is 8.72. The molecule has 1 aliphatic rings. The molecule has 0 unspecified atom stereocenters. The number of amides is 1. The van der Waals surface area contributed by atoms with Crippen molar-refractivity contribution >= 4 is 5.91 Å². The third kappa shape index (κ3) is 3.08. The van der Waals surface area contributed by atoms with E-state index in [1.165, 1.54) is 5.69 Å². The molecule has 0 spiro atoms. The van der Waals surface area contributed by atoms with E-state index in [0.29, 0.717) is 0 Å². The van der Waals surface area contributed by atoms with Crippen LogP contribution in [0.25, 0.3) is 0 Å². The van der Waals surface area contributed by atoms with Crippen molar-refractivity contribution in [2.75, 3.05) is 19.6 Å². The van der Waals surface area contributed by atoms with E-state index in [0.717, 1.165) is 43.9 Å². The molecule has 2 heterocycles. The molecular weight excluding hydrogens is 300 g/mol. The summed E-state index contributed by atoms with van der Waals surface area (Å²) in [6, 6.07) is 9.89. The normalized spacial score (nSPS) is 15.8. The van der Waals surface area contributed by atoms with Gasteiger partial charge >= 0.3 is 0 Å². The molecule has 5 nitrogen and oxygen atoms in total. The van der Waals surface area contributed by atoms with Gasteiger partial charge in [0.1, 0.15) is 6.04 Å². The van der Waals surface area contributed by atoms with Crippen molar-refractivity contribution < 1.29 is 4.79 Å². The van der Waals surface area contributed by atoms with Crippen LogP contribution in [-0.2, 0) is 24.8 Å². The monoisotopic (exact) mass is 326 g/mol. The number of hydrogen-bond acceptors (Lipinski definition) is 3. The van der Waals surface area contributed by atoms with E-state index in [1.54, 1.807) is 0 Å². The van der Waals surface area contributed by atoms with Crippen molar-refractivity contribution in [1.29, 1.82) is 0 Å². The third-order valence-corrected chi connectivity index (χ3v) is 4.92. The van der Waals surface area contributed by atoms with Gasteiger partial charge in [0.15, 0.2) is 0 Å². The lowest BCUT2D eigenvalue weighted by Gasteiger charge is -2.36. The molecule has 0 radical (unpaired) electrons. The highest BCUT2D eigenvalue weighted by Crippen LogP contribution is 2.28. The molecule has 0 saturated carbocycles. The Morgan fingerprint density at radius 1 is 1.25 bits per heavy atom. The Morgan fingerprint density at radius 3 is 2.62 bits per heavy atom. The van der Waals surface area contributed by atoms with E-state index in [4.69, 9.17) is 0 Å². The van der Waals surface area contributed by atoms with E-state index in [2.05, 4.69) is 26.6 Å². The SMILES string of the molecule is CCN(CC)C(=O)[C@H](c1ccccc1)N1CCc2c(ncn2C)C1. The molecule has 2 aromatic rings. The maximum atomic E-state index is 13.2. The first kappa shape index (κ1) is 16.7. The number of carbonyl (C=O) groups is 1. The third-order valence-electron chi connectivity index (χ3n) is 4.92. The Hall–Kier alpha value is -2.14. The minimum absolute atomic E-state index is 0.186. The highest BCUT2D eigenvalue weighted by Gasteiger charge is 2.33. The summed E-state index contributed by atoms with van der Waals surface area (Å²) < 4.78 is 2.09. The van der Waals surface area contributed by atoms with Crippen LogP contribution in [0.5, 0.6) is 0 Å². The van der Waals surface area contributed by atoms with Crippen molar-refractivity contribution in [1.82, 2.24) is 19.4 Å². The van der Waals surface area contributed by atoms with Gasteiger partial charge in [-0.15, -0.1) is 0 Å². The van der Waals surface area contributed by atoms with Crippen LogP contribution in [0, 0.1) is 0 Å². The van der Waals surface area contributed by atoms with E-state index in [-0.39, 0.29) is 11.9 Å². The van der Waals surface area contributed by atoms with Crippen LogP contribution >= 0.6 is 0 Å². The van der Waals surface area contributed by atoms with Gasteiger partial charge < -0.3 is 9.47 Å². The second kappa shape index (κ2) is 7.18. The van der Waals surface area contributed by atoms with E-state index < -0.39 is 0 Å². The number of aryl methyl sites for hydroxylation is 1. The Kier molecular flexibility index (Phi) is 5.00. The molecule has 1 amide bonds. The lowest BCUT2D eigenvalue weighted by Crippen LogP contribution is -2.45. The Balaban J connectivity index is 1.92. The fourth-order valence-corrected chi connectivity index (χ4v) is 3.55. The second-order valence-corrected chi connectivity index (χ2v) is 6.29. The van der Waals surface area contributed by atoms with Gasteiger partial charge in [0.25, 0.3) is 0 Å². The smallest absolute Gasteiger partial charge is 0.244 e. The summed E-state index contributed by atoms with van der Waals surface area (Å²) in [6.07, 6.45) is 2.80. The Bertz CT molecular complexity index is 691. The zero-order chi connectivity index (χ0) is 17.1. The van der Waals surface area contributed by atoms with Crippen LogP contribution in [-0.4, -0.2) is 44.9 Å². The molecule has 3 rings (SSSR count). The van der Waals surface area contributed by atoms with Crippen LogP contribution in [0.4, 0.5) is 0 Å². The second-order valence-electron chi connectivity index (χ2n) is 6.29. The Morgan fingerprint density at radius 2 is 1.96 bits per heavy atom. The first-order chi connectivity index (χ1) is 11.7. The molecule has 1 aromatic carbocycles. The number of aromatic nitrogens is 2. The highest BCUT2D eigenvalue weighted by molar-refractivity contribution is 5.83. The summed E-state index contributed by atoms with van der Waals surface area (Å²) in [5, 5.41) is 0. The minimum atomic E-state index is -0.235. The summed E-state index contributed by atoms with van der Waals surface area (Å²) in [6.45, 7) is 7.15. The van der Waals surface area contributed by atoms with Crippen molar-refractivity contribution in [3.63, 3.8) is 0 Å². The molecule has 1 aliphatic heterocycles. The lowest BCUT2D eigenvalue weighted by molar-refractivity contribution is -0.137. The van der Waals surface area contributed by atoms with Crippen LogP contribution in [0.3, 0.4) is 0 Å². The van der Waals surface area contributed by atoms with Gasteiger partial charge in [0.2, 0.25) is 5.91 Å². The van der Waals surface area contributed by atoms with Gasteiger partial charge in [0, 0.05) is 45.3 Å². The van der Waals surface area contributed by atoms with Gasteiger partial charge in [-0.1, -0.05) is 30.3 Å². The standard InChI is InChI=1S/C19H26N4O/c1-4-22(5-2)19(24)18(15-9-7-6-8-10-15)23-12-11-17-16(13-23)20-14-21(17)3/h6-10,14,18H,4-5,11-13H2,1-3H3/t18-/m0/s1. The summed E-state index contributed by atoms with van der Waals surface area (Å²) in [7, 11) is 2.04. The predicted molar refractivity (Wildman–Crippen MR) is 94.4 cm³/mol. The number of nitrogens with zero attached hydrogens (tertiary/aromatic N) is 4. The summed E-state index contributed by atoms with van der Waals surface area (Å²) in [4.78, 5) is 21.9. The minimum Gasteiger partial charge on any atom is -0.342 e. The summed E-state index contributed by atoms with van der Waals surface area (Å²) in [5.41, 5.74) is 3.44. The molecule has 1 aromatic heterocycles. The largest absolute Gasteiger partial charge is 0.342 e. The van der Waals surface area contributed by atoms with Gasteiger partial charge in [-0.3, -0.25) is 9.69 Å². The summed E-state index contributed by atoms with van der Waals surface area (Å²) >= 11 is 0.